The summed E-state index contributed by atoms with van der Waals surface area (Å²) in [5, 5.41) is 11.8. The van der Waals surface area contributed by atoms with E-state index in [1.54, 1.807) is 45.0 Å². The maximum absolute atomic E-state index is 17.7. The van der Waals surface area contributed by atoms with Gasteiger partial charge in [0.1, 0.15) is 6.17 Å². The van der Waals surface area contributed by atoms with Crippen LogP contribution < -0.4 is 4.74 Å². The van der Waals surface area contributed by atoms with Crippen molar-refractivity contribution in [3.63, 3.8) is 0 Å². The molecule has 0 saturated heterocycles. The molecule has 0 aliphatic heterocycles. The molecule has 11 heteroatoms. The third-order valence-corrected chi connectivity index (χ3v) is 12.3. The van der Waals surface area contributed by atoms with E-state index in [0.717, 1.165) is 6.08 Å². The average molecular weight is 657 g/mol. The van der Waals surface area contributed by atoms with Gasteiger partial charge >= 0.3 is 5.97 Å². The molecule has 1 aromatic heterocycles. The number of hydrogen-bond acceptors (Lipinski definition) is 9. The van der Waals surface area contributed by atoms with Gasteiger partial charge in [0.25, 0.3) is 0 Å². The summed E-state index contributed by atoms with van der Waals surface area (Å²) in [5.41, 5.74) is -6.64. The van der Waals surface area contributed by atoms with Gasteiger partial charge in [-0.25, -0.2) is 8.78 Å². The Morgan fingerprint density at radius 2 is 1.91 bits per heavy atom. The normalized spacial score (nSPS) is 38.0. The highest BCUT2D eigenvalue weighted by Gasteiger charge is 2.78. The van der Waals surface area contributed by atoms with Crippen molar-refractivity contribution < 1.29 is 47.0 Å². The molecule has 0 spiro atoms. The molecule has 0 bridgehead atoms. The summed E-state index contributed by atoms with van der Waals surface area (Å²) in [4.78, 5) is 52.8. The number of esters is 1. The first-order valence-corrected chi connectivity index (χ1v) is 16.6. The van der Waals surface area contributed by atoms with Crippen LogP contribution in [0.2, 0.25) is 0 Å². The van der Waals surface area contributed by atoms with Crippen molar-refractivity contribution in [1.82, 2.24) is 0 Å². The molecule has 1 aromatic carbocycles. The van der Waals surface area contributed by atoms with Crippen LogP contribution in [0.15, 0.2) is 52.5 Å². The topological polar surface area (TPSA) is 120 Å². The number of benzene rings is 1. The van der Waals surface area contributed by atoms with Crippen molar-refractivity contribution in [1.29, 1.82) is 0 Å². The molecule has 1 N–H and O–H groups in total. The number of thioether (sulfide) groups is 1. The molecule has 0 amide bonds. The highest BCUT2D eigenvalue weighted by Crippen LogP contribution is 2.72. The SMILES string of the molecule is CCC(=O)O[C@]1(C(=O)SCC(=O)c2cc3cccc(OC)c3o2)[C@H](C)C[C@H]2[C@@H]3C[C@H](F)C4=CC(=O)C=C[C@]4(C)[C@@]3(F)[C@@H](O)C[C@@]21C. The van der Waals surface area contributed by atoms with Gasteiger partial charge in [-0.3, -0.25) is 19.2 Å². The number of halogens is 2. The van der Waals surface area contributed by atoms with E-state index in [2.05, 4.69) is 0 Å². The molecule has 6 rings (SSSR count). The van der Waals surface area contributed by atoms with Gasteiger partial charge in [0, 0.05) is 34.5 Å². The Balaban J connectivity index is 1.35. The smallest absolute Gasteiger partial charge is 0.306 e. The second-order valence-electron chi connectivity index (χ2n) is 13.5. The Hall–Kier alpha value is -3.31. The number of ketones is 2. The Morgan fingerprint density at radius 1 is 1.17 bits per heavy atom. The van der Waals surface area contributed by atoms with Crippen LogP contribution in [0, 0.1) is 28.6 Å². The van der Waals surface area contributed by atoms with Gasteiger partial charge in [0.2, 0.25) is 10.9 Å². The molecule has 4 aliphatic carbocycles. The Morgan fingerprint density at radius 3 is 2.61 bits per heavy atom. The Labute approximate surface area is 269 Å². The first-order valence-electron chi connectivity index (χ1n) is 15.6. The number of carbonyl (C=O) groups is 4. The van der Waals surface area contributed by atoms with Crippen LogP contribution in [0.4, 0.5) is 8.78 Å². The number of aliphatic hydroxyl groups is 1. The molecule has 3 fully saturated rings. The first kappa shape index (κ1) is 32.6. The van der Waals surface area contributed by atoms with E-state index in [9.17, 15) is 24.3 Å². The van der Waals surface area contributed by atoms with Crippen LogP contribution >= 0.6 is 11.8 Å². The third kappa shape index (κ3) is 4.33. The number of hydrogen-bond donors (Lipinski definition) is 1. The van der Waals surface area contributed by atoms with E-state index in [4.69, 9.17) is 13.9 Å². The minimum atomic E-state index is -2.35. The Kier molecular flexibility index (Phi) is 7.91. The summed E-state index contributed by atoms with van der Waals surface area (Å²) in [6.45, 7) is 6.55. The number of rotatable bonds is 7. The molecule has 9 atom stereocenters. The molecule has 2 aromatic rings. The van der Waals surface area contributed by atoms with Gasteiger partial charge in [-0.2, -0.15) is 0 Å². The maximum atomic E-state index is 17.7. The van der Waals surface area contributed by atoms with Crippen molar-refractivity contribution in [3.05, 3.63) is 53.8 Å². The fourth-order valence-electron chi connectivity index (χ4n) is 9.11. The number of aliphatic hydroxyl groups excluding tert-OH is 1. The maximum Gasteiger partial charge on any atom is 0.306 e. The van der Waals surface area contributed by atoms with Crippen molar-refractivity contribution in [3.8, 4) is 5.75 Å². The van der Waals surface area contributed by atoms with Gasteiger partial charge in [-0.1, -0.05) is 50.7 Å². The number of para-hydroxylation sites is 1. The summed E-state index contributed by atoms with van der Waals surface area (Å²) >= 11 is 0.690. The van der Waals surface area contributed by atoms with Gasteiger partial charge in [-0.15, -0.1) is 0 Å². The number of fused-ring (bicyclic) bond motifs is 6. The summed E-state index contributed by atoms with van der Waals surface area (Å²) in [5.74, 6) is -3.74. The van der Waals surface area contributed by atoms with E-state index >= 15 is 8.78 Å². The van der Waals surface area contributed by atoms with E-state index in [-0.39, 0.29) is 42.8 Å². The van der Waals surface area contributed by atoms with Crippen LogP contribution in [0.5, 0.6) is 5.75 Å². The molecule has 8 nitrogen and oxygen atoms in total. The molecule has 46 heavy (non-hydrogen) atoms. The average Bonchev–Trinajstić information content (AvgIpc) is 3.56. The number of furan rings is 1. The van der Waals surface area contributed by atoms with Crippen molar-refractivity contribution in [2.45, 2.75) is 76.9 Å². The second kappa shape index (κ2) is 11.1. The number of Topliss-reactive ketones (excluding diaryl/α,β-unsaturated/α-hetero) is 1. The number of alkyl halides is 2. The third-order valence-electron chi connectivity index (χ3n) is 11.4. The van der Waals surface area contributed by atoms with Crippen molar-refractivity contribution in [2.75, 3.05) is 12.9 Å². The Bertz CT molecular complexity index is 1700. The lowest BCUT2D eigenvalue weighted by molar-refractivity contribution is -0.228. The number of allylic oxidation sites excluding steroid dienone is 4. The molecule has 246 valence electrons. The summed E-state index contributed by atoms with van der Waals surface area (Å²) < 4.78 is 50.7. The number of ether oxygens (including phenoxy) is 2. The summed E-state index contributed by atoms with van der Waals surface area (Å²) in [7, 11) is 1.49. The zero-order valence-electron chi connectivity index (χ0n) is 26.4. The monoisotopic (exact) mass is 656 g/mol. The van der Waals surface area contributed by atoms with Crippen LogP contribution in [0.3, 0.4) is 0 Å². The van der Waals surface area contributed by atoms with E-state index in [0.29, 0.717) is 28.5 Å². The largest absolute Gasteiger partial charge is 0.493 e. The van der Waals surface area contributed by atoms with Crippen LogP contribution in [0.25, 0.3) is 11.0 Å². The second-order valence-corrected chi connectivity index (χ2v) is 14.5. The highest BCUT2D eigenvalue weighted by atomic mass is 32.2. The predicted molar refractivity (Wildman–Crippen MR) is 167 cm³/mol. The van der Waals surface area contributed by atoms with Gasteiger partial charge in [0.05, 0.1) is 19.0 Å². The van der Waals surface area contributed by atoms with E-state index < -0.39 is 74.8 Å². The fraction of sp³-hybridized carbons (Fsp3) is 0.543. The molecular formula is C35H38F2O8S. The molecular weight excluding hydrogens is 618 g/mol. The highest BCUT2D eigenvalue weighted by molar-refractivity contribution is 8.14. The summed E-state index contributed by atoms with van der Waals surface area (Å²) in [6, 6.07) is 6.80. The molecule has 4 aliphatic rings. The van der Waals surface area contributed by atoms with Crippen LogP contribution in [-0.4, -0.2) is 64.2 Å². The van der Waals surface area contributed by atoms with Crippen LogP contribution in [-0.2, 0) is 19.1 Å². The molecule has 3 saturated carbocycles. The van der Waals surface area contributed by atoms with Crippen molar-refractivity contribution in [2.24, 2.45) is 28.6 Å². The predicted octanol–water partition coefficient (Wildman–Crippen LogP) is 6.14. The molecule has 0 radical (unpaired) electrons. The first-order chi connectivity index (χ1) is 21.7. The lowest BCUT2D eigenvalue weighted by atomic mass is 9.44. The van der Waals surface area contributed by atoms with Gasteiger partial charge < -0.3 is 19.0 Å². The number of methoxy groups -OCH3 is 1. The quantitative estimate of drug-likeness (QED) is 0.277. The zero-order chi connectivity index (χ0) is 33.4. The number of carbonyl (C=O) groups excluding carboxylic acids is 4. The molecule has 0 unspecified atom stereocenters. The van der Waals surface area contributed by atoms with Gasteiger partial charge in [-0.05, 0) is 62.0 Å². The minimum Gasteiger partial charge on any atom is -0.493 e. The lowest BCUT2D eigenvalue weighted by Crippen LogP contribution is -2.70. The van der Waals surface area contributed by atoms with Crippen molar-refractivity contribution >= 4 is 45.4 Å². The zero-order valence-corrected chi connectivity index (χ0v) is 27.2. The van der Waals surface area contributed by atoms with Gasteiger partial charge in [0.15, 0.2) is 34.1 Å². The van der Waals surface area contributed by atoms with E-state index in [1.165, 1.54) is 26.2 Å². The molecule has 1 heterocycles. The van der Waals surface area contributed by atoms with Crippen LogP contribution in [0.1, 0.15) is 63.9 Å². The lowest BCUT2D eigenvalue weighted by Gasteiger charge is -2.63. The van der Waals surface area contributed by atoms with E-state index in [1.807, 2.05) is 0 Å². The minimum absolute atomic E-state index is 0.00414. The standard InChI is InChI=1S/C35H38F2O8S/c1-6-29(41)45-35(31(42)46-17-25(39)27-13-19-8-7-9-26(43-5)30(19)44-27)18(2)12-21-22-15-24(36)23-14-20(38)10-11-32(23,3)34(22,37)28(40)16-33(21,35)4/h7-11,13-14,18,21-22,24,28,40H,6,12,15-17H2,1-5H3/t18-,21+,22+,24+,28+,32+,33+,34+,35+/m1/s1. The fourth-order valence-corrected chi connectivity index (χ4v) is 10.2. The summed E-state index contributed by atoms with van der Waals surface area (Å²) in [6.07, 6.45) is 0.0199.